The Hall–Kier alpha value is -3.53. The second-order valence-electron chi connectivity index (χ2n) is 12.1. The van der Waals surface area contributed by atoms with Gasteiger partial charge in [0, 0.05) is 10.8 Å². The van der Waals surface area contributed by atoms with Gasteiger partial charge in [-0.2, -0.15) is 0 Å². The molecular weight excluding hydrogens is 626 g/mol. The molecule has 2 aromatic carbocycles. The van der Waals surface area contributed by atoms with Crippen LogP contribution < -0.4 is 4.90 Å². The number of hydrogen-bond donors (Lipinski definition) is 1. The zero-order valence-corrected chi connectivity index (χ0v) is 26.0. The summed E-state index contributed by atoms with van der Waals surface area (Å²) < 4.78 is 13.8. The zero-order chi connectivity index (χ0) is 31.3. The molecule has 44 heavy (non-hydrogen) atoms. The number of hydrogen-bond acceptors (Lipinski definition) is 6. The number of rotatable bonds is 4. The monoisotopic (exact) mass is 652 g/mol. The molecule has 6 unspecified atom stereocenters. The van der Waals surface area contributed by atoms with Crippen molar-refractivity contribution in [2.24, 2.45) is 17.8 Å². The van der Waals surface area contributed by atoms with Crippen LogP contribution >= 0.6 is 34.5 Å². The summed E-state index contributed by atoms with van der Waals surface area (Å²) >= 11 is 16.2. The number of phenols is 1. The molecule has 7 nitrogen and oxygen atoms in total. The maximum absolute atomic E-state index is 14.4. The van der Waals surface area contributed by atoms with Gasteiger partial charge in [-0.25, -0.2) is 9.29 Å². The lowest BCUT2D eigenvalue weighted by Gasteiger charge is -2.50. The van der Waals surface area contributed by atoms with Crippen LogP contribution in [0, 0.1) is 37.4 Å². The predicted molar refractivity (Wildman–Crippen MR) is 164 cm³/mol. The fraction of sp³-hybridized carbons (Fsp3) is 0.333. The average molecular weight is 654 g/mol. The van der Waals surface area contributed by atoms with Crippen LogP contribution in [0.3, 0.4) is 0 Å². The van der Waals surface area contributed by atoms with Gasteiger partial charge in [0.15, 0.2) is 9.75 Å². The summed E-state index contributed by atoms with van der Waals surface area (Å²) in [6.07, 6.45) is 2.00. The SMILES string of the molecule is Cc1cc(C2C3=CCC4C(=O)N(Cc5cccs5)C(=O)C4C3CC3(Cl)C(=O)N(c4ccc(F)cc4)C(=O)C23Cl)cc(C)c1O. The highest BCUT2D eigenvalue weighted by Gasteiger charge is 2.76. The number of benzene rings is 2. The Morgan fingerprint density at radius 2 is 1.66 bits per heavy atom. The Labute approximate surface area is 266 Å². The Bertz CT molecular complexity index is 1770. The highest BCUT2D eigenvalue weighted by atomic mass is 35.5. The second-order valence-corrected chi connectivity index (χ2v) is 14.4. The maximum atomic E-state index is 14.4. The van der Waals surface area contributed by atoms with Crippen molar-refractivity contribution in [1.29, 1.82) is 0 Å². The Morgan fingerprint density at radius 1 is 0.977 bits per heavy atom. The second kappa shape index (κ2) is 9.99. The Kier molecular flexibility index (Phi) is 6.63. The molecular formula is C33H27Cl2FN2O5S. The Balaban J connectivity index is 1.40. The zero-order valence-electron chi connectivity index (χ0n) is 23.7. The highest BCUT2D eigenvalue weighted by molar-refractivity contribution is 7.09. The van der Waals surface area contributed by atoms with E-state index in [1.807, 2.05) is 23.6 Å². The topological polar surface area (TPSA) is 95.0 Å². The van der Waals surface area contributed by atoms with Crippen LogP contribution in [-0.2, 0) is 25.7 Å². The number of phenolic OH excluding ortho intramolecular Hbond substituents is 1. The van der Waals surface area contributed by atoms with Crippen molar-refractivity contribution in [3.8, 4) is 5.75 Å². The molecule has 1 N–H and O–H groups in total. The number of alkyl halides is 2. The van der Waals surface area contributed by atoms with E-state index >= 15 is 0 Å². The fourth-order valence-corrected chi connectivity index (χ4v) is 9.34. The molecule has 0 bridgehead atoms. The van der Waals surface area contributed by atoms with E-state index in [1.54, 1.807) is 26.0 Å². The minimum absolute atomic E-state index is 0.0853. The van der Waals surface area contributed by atoms with Crippen LogP contribution in [0.25, 0.3) is 0 Å². The van der Waals surface area contributed by atoms with Crippen LogP contribution in [0.5, 0.6) is 5.75 Å². The molecule has 2 aliphatic carbocycles. The van der Waals surface area contributed by atoms with Gasteiger partial charge in [0.2, 0.25) is 11.8 Å². The number of halogens is 3. The molecule has 3 fully saturated rings. The third-order valence-electron chi connectivity index (χ3n) is 9.73. The lowest BCUT2D eigenvalue weighted by atomic mass is 9.56. The van der Waals surface area contributed by atoms with E-state index in [4.69, 9.17) is 23.2 Å². The molecule has 6 atom stereocenters. The summed E-state index contributed by atoms with van der Waals surface area (Å²) in [4.78, 5) is 55.4. The lowest BCUT2D eigenvalue weighted by Crippen LogP contribution is -2.60. The first-order valence-corrected chi connectivity index (χ1v) is 15.9. The van der Waals surface area contributed by atoms with Crippen LogP contribution in [-0.4, -0.2) is 43.4 Å². The van der Waals surface area contributed by atoms with Crippen molar-refractivity contribution in [2.45, 2.75) is 48.9 Å². The molecule has 0 radical (unpaired) electrons. The number of amides is 4. The average Bonchev–Trinajstić information content (AvgIpc) is 3.63. The standard InChI is InChI=1S/C33H27Cl2FN2O5S/c1-16-12-18(13-17(2)27(16)39)26-22-9-10-23-25(29(41)37(28(23)40)15-21-4-3-11-44-21)24(22)14-32(34)30(42)38(31(43)33(26,32)35)20-7-5-19(36)6-8-20/h3-9,11-13,23-26,39H,10,14-15H2,1-2H3. The number of anilines is 1. The quantitative estimate of drug-likeness (QED) is 0.213. The number of imide groups is 2. The maximum Gasteiger partial charge on any atom is 0.258 e. The molecule has 11 heteroatoms. The number of nitrogens with zero attached hydrogens (tertiary/aromatic N) is 2. The van der Waals surface area contributed by atoms with Gasteiger partial charge >= 0.3 is 0 Å². The summed E-state index contributed by atoms with van der Waals surface area (Å²) in [5.41, 5.74) is 2.43. The van der Waals surface area contributed by atoms with Gasteiger partial charge < -0.3 is 5.11 Å². The minimum atomic E-state index is -2.02. The predicted octanol–water partition coefficient (Wildman–Crippen LogP) is 5.97. The van der Waals surface area contributed by atoms with Crippen LogP contribution in [0.2, 0.25) is 0 Å². The van der Waals surface area contributed by atoms with E-state index in [2.05, 4.69) is 0 Å². The van der Waals surface area contributed by atoms with E-state index < -0.39 is 51.1 Å². The summed E-state index contributed by atoms with van der Waals surface area (Å²) in [7, 11) is 0. The fourth-order valence-electron chi connectivity index (χ4n) is 7.71. The first-order valence-electron chi connectivity index (χ1n) is 14.3. The van der Waals surface area contributed by atoms with Crippen LogP contribution in [0.4, 0.5) is 10.1 Å². The summed E-state index contributed by atoms with van der Waals surface area (Å²) in [5.74, 6) is -5.64. The molecule has 4 aliphatic rings. The number of aromatic hydroxyl groups is 1. The van der Waals surface area contributed by atoms with Gasteiger partial charge in [0.1, 0.15) is 11.6 Å². The van der Waals surface area contributed by atoms with Gasteiger partial charge in [-0.1, -0.05) is 29.8 Å². The van der Waals surface area contributed by atoms with Gasteiger partial charge in [-0.05, 0) is 85.0 Å². The van der Waals surface area contributed by atoms with E-state index in [1.165, 1.54) is 28.4 Å². The van der Waals surface area contributed by atoms with E-state index in [-0.39, 0.29) is 42.6 Å². The number of carbonyl (C=O) groups is 4. The summed E-state index contributed by atoms with van der Waals surface area (Å²) in [6, 6.07) is 12.1. The van der Waals surface area contributed by atoms with Crippen LogP contribution in [0.1, 0.15) is 40.3 Å². The normalized spacial score (nSPS) is 31.2. The third kappa shape index (κ3) is 3.85. The third-order valence-corrected chi connectivity index (χ3v) is 12.0. The van der Waals surface area contributed by atoms with E-state index in [0.29, 0.717) is 22.3 Å². The molecule has 1 saturated carbocycles. The summed E-state index contributed by atoms with van der Waals surface area (Å²) in [5, 5.41) is 12.5. The van der Waals surface area contributed by atoms with Gasteiger partial charge in [-0.15, -0.1) is 34.5 Å². The number of allylic oxidation sites excluding steroid dienone is 2. The first kappa shape index (κ1) is 29.2. The number of likely N-dealkylation sites (tertiary alicyclic amines) is 1. The van der Waals surface area contributed by atoms with E-state index in [0.717, 1.165) is 21.9 Å². The molecule has 2 saturated heterocycles. The van der Waals surface area contributed by atoms with Crippen molar-refractivity contribution >= 4 is 63.9 Å². The highest BCUT2D eigenvalue weighted by Crippen LogP contribution is 2.66. The summed E-state index contributed by atoms with van der Waals surface area (Å²) in [6.45, 7) is 3.60. The van der Waals surface area contributed by atoms with Crippen molar-refractivity contribution in [2.75, 3.05) is 4.90 Å². The van der Waals surface area contributed by atoms with Crippen molar-refractivity contribution < 1.29 is 28.7 Å². The molecule has 4 amide bonds. The smallest absolute Gasteiger partial charge is 0.258 e. The van der Waals surface area contributed by atoms with Crippen molar-refractivity contribution in [3.05, 3.63) is 92.9 Å². The Morgan fingerprint density at radius 3 is 2.30 bits per heavy atom. The van der Waals surface area contributed by atoms with Gasteiger partial charge in [-0.3, -0.25) is 24.1 Å². The number of fused-ring (bicyclic) bond motifs is 4. The van der Waals surface area contributed by atoms with Crippen molar-refractivity contribution in [1.82, 2.24) is 4.90 Å². The first-order chi connectivity index (χ1) is 20.9. The van der Waals surface area contributed by atoms with Gasteiger partial charge in [0.05, 0.1) is 24.1 Å². The molecule has 3 heterocycles. The largest absolute Gasteiger partial charge is 0.507 e. The molecule has 7 rings (SSSR count). The molecule has 226 valence electrons. The molecule has 3 aromatic rings. The van der Waals surface area contributed by atoms with Gasteiger partial charge in [0.25, 0.3) is 11.8 Å². The number of carbonyl (C=O) groups excluding carboxylic acids is 4. The van der Waals surface area contributed by atoms with E-state index in [9.17, 15) is 28.7 Å². The lowest BCUT2D eigenvalue weighted by molar-refractivity contribution is -0.141. The molecule has 2 aliphatic heterocycles. The van der Waals surface area contributed by atoms with Crippen LogP contribution in [0.15, 0.2) is 65.6 Å². The minimum Gasteiger partial charge on any atom is -0.507 e. The van der Waals surface area contributed by atoms with Crippen molar-refractivity contribution in [3.63, 3.8) is 0 Å². The number of aryl methyl sites for hydroxylation is 2. The molecule has 1 aromatic heterocycles. The molecule has 0 spiro atoms. The number of thiophene rings is 1.